The van der Waals surface area contributed by atoms with Gasteiger partial charge in [-0.15, -0.1) is 11.3 Å². The highest BCUT2D eigenvalue weighted by Crippen LogP contribution is 2.43. The van der Waals surface area contributed by atoms with Gasteiger partial charge >= 0.3 is 0 Å². The van der Waals surface area contributed by atoms with Crippen LogP contribution in [0.5, 0.6) is 0 Å². The van der Waals surface area contributed by atoms with Gasteiger partial charge in [0.05, 0.1) is 15.2 Å². The van der Waals surface area contributed by atoms with Crippen molar-refractivity contribution in [2.24, 2.45) is 0 Å². The van der Waals surface area contributed by atoms with Crippen LogP contribution in [0.1, 0.15) is 31.2 Å². The molecule has 2 heterocycles. The third kappa shape index (κ3) is 1.91. The van der Waals surface area contributed by atoms with Crippen LogP contribution in [0.4, 0.5) is 0 Å². The first-order valence-corrected chi connectivity index (χ1v) is 7.86. The summed E-state index contributed by atoms with van der Waals surface area (Å²) in [5.41, 5.74) is 1.33. The molecule has 0 bridgehead atoms. The highest BCUT2D eigenvalue weighted by atomic mass is 79.9. The van der Waals surface area contributed by atoms with E-state index in [-0.39, 0.29) is 5.54 Å². The van der Waals surface area contributed by atoms with Gasteiger partial charge in [-0.2, -0.15) is 0 Å². The summed E-state index contributed by atoms with van der Waals surface area (Å²) in [7, 11) is 2.21. The first-order chi connectivity index (χ1) is 8.48. The smallest absolute Gasteiger partial charge is 0.0988 e. The van der Waals surface area contributed by atoms with E-state index in [0.717, 1.165) is 16.5 Å². The summed E-state index contributed by atoms with van der Waals surface area (Å²) in [6, 6.07) is 6.36. The Labute approximate surface area is 120 Å². The maximum absolute atomic E-state index is 4.85. The summed E-state index contributed by atoms with van der Waals surface area (Å²) in [5, 5.41) is 1.29. The van der Waals surface area contributed by atoms with Gasteiger partial charge in [-0.05, 0) is 52.1 Å². The number of thiazole rings is 1. The lowest BCUT2D eigenvalue weighted by atomic mass is 9.89. The third-order valence-electron chi connectivity index (χ3n) is 4.25. The lowest BCUT2D eigenvalue weighted by molar-refractivity contribution is 0.201. The van der Waals surface area contributed by atoms with Gasteiger partial charge in [-0.3, -0.25) is 0 Å². The molecule has 0 saturated carbocycles. The fraction of sp³-hybridized carbons (Fsp3) is 0.500. The molecule has 0 amide bonds. The lowest BCUT2D eigenvalue weighted by Gasteiger charge is -2.32. The molecule has 2 nitrogen and oxygen atoms in total. The van der Waals surface area contributed by atoms with E-state index >= 15 is 0 Å². The molecule has 0 radical (unpaired) electrons. The van der Waals surface area contributed by atoms with Crippen LogP contribution in [0, 0.1) is 0 Å². The number of rotatable bonds is 1. The van der Waals surface area contributed by atoms with Gasteiger partial charge in [-0.25, -0.2) is 4.98 Å². The number of benzene rings is 1. The van der Waals surface area contributed by atoms with E-state index in [0.29, 0.717) is 5.92 Å². The molecule has 1 aromatic carbocycles. The molecule has 3 rings (SSSR count). The normalized spacial score (nSPS) is 23.9. The zero-order valence-electron chi connectivity index (χ0n) is 10.9. The molecule has 1 saturated heterocycles. The molecule has 0 spiro atoms. The van der Waals surface area contributed by atoms with Gasteiger partial charge in [0.2, 0.25) is 0 Å². The number of likely N-dealkylation sites (tertiary alicyclic amines) is 1. The number of hydrogen-bond donors (Lipinski definition) is 0. The minimum Gasteiger partial charge on any atom is -0.301 e. The van der Waals surface area contributed by atoms with Crippen molar-refractivity contribution in [2.75, 3.05) is 13.6 Å². The van der Waals surface area contributed by atoms with Gasteiger partial charge in [-0.1, -0.05) is 15.9 Å². The molecular weight excluding hydrogens is 308 g/mol. The Kier molecular flexibility index (Phi) is 3.00. The van der Waals surface area contributed by atoms with Crippen molar-refractivity contribution in [3.8, 4) is 0 Å². The lowest BCUT2D eigenvalue weighted by Crippen LogP contribution is -2.38. The largest absolute Gasteiger partial charge is 0.301 e. The van der Waals surface area contributed by atoms with E-state index in [1.165, 1.54) is 16.1 Å². The summed E-state index contributed by atoms with van der Waals surface area (Å²) in [6.07, 6.45) is 1.21. The van der Waals surface area contributed by atoms with E-state index in [4.69, 9.17) is 4.98 Å². The SMILES string of the molecule is CN1CCC(c2nc3cc(Br)ccc3s2)C1(C)C. The highest BCUT2D eigenvalue weighted by Gasteiger charge is 2.41. The van der Waals surface area contributed by atoms with Crippen molar-refractivity contribution < 1.29 is 0 Å². The summed E-state index contributed by atoms with van der Waals surface area (Å²) >= 11 is 5.36. The van der Waals surface area contributed by atoms with E-state index in [9.17, 15) is 0 Å². The average molecular weight is 325 g/mol. The minimum atomic E-state index is 0.213. The first kappa shape index (κ1) is 12.6. The quantitative estimate of drug-likeness (QED) is 0.779. The standard InChI is InChI=1S/C14H17BrN2S/c1-14(2)10(6-7-17(14)3)13-16-11-8-9(15)4-5-12(11)18-13/h4-5,8,10H,6-7H2,1-3H3. The summed E-state index contributed by atoms with van der Waals surface area (Å²) in [4.78, 5) is 7.29. The Morgan fingerprint density at radius 1 is 1.44 bits per heavy atom. The Bertz CT molecular complexity index is 590. The number of aromatic nitrogens is 1. The monoisotopic (exact) mass is 324 g/mol. The molecule has 0 N–H and O–H groups in total. The van der Waals surface area contributed by atoms with Crippen LogP contribution >= 0.6 is 27.3 Å². The van der Waals surface area contributed by atoms with Crippen molar-refractivity contribution in [2.45, 2.75) is 31.7 Å². The van der Waals surface area contributed by atoms with Crippen LogP contribution in [0.15, 0.2) is 22.7 Å². The van der Waals surface area contributed by atoms with E-state index in [2.05, 4.69) is 59.9 Å². The fourth-order valence-electron chi connectivity index (χ4n) is 2.72. The molecule has 1 aromatic heterocycles. The Morgan fingerprint density at radius 3 is 2.89 bits per heavy atom. The summed E-state index contributed by atoms with van der Waals surface area (Å²) in [6.45, 7) is 5.82. The van der Waals surface area contributed by atoms with Gasteiger partial charge in [0, 0.05) is 15.9 Å². The van der Waals surface area contributed by atoms with Crippen molar-refractivity contribution in [3.63, 3.8) is 0 Å². The van der Waals surface area contributed by atoms with Gasteiger partial charge in [0.25, 0.3) is 0 Å². The van der Waals surface area contributed by atoms with Crippen molar-refractivity contribution in [3.05, 3.63) is 27.7 Å². The second-order valence-electron chi connectivity index (χ2n) is 5.58. The third-order valence-corrected chi connectivity index (χ3v) is 5.90. The predicted octanol–water partition coefficient (Wildman–Crippen LogP) is 4.26. The maximum Gasteiger partial charge on any atom is 0.0988 e. The Hall–Kier alpha value is -0.450. The Balaban J connectivity index is 2.05. The van der Waals surface area contributed by atoms with Crippen LogP contribution in [-0.2, 0) is 0 Å². The molecule has 4 heteroatoms. The van der Waals surface area contributed by atoms with Gasteiger partial charge in [0.1, 0.15) is 0 Å². The fourth-order valence-corrected chi connectivity index (χ4v) is 4.34. The van der Waals surface area contributed by atoms with Gasteiger partial charge in [0.15, 0.2) is 0 Å². The molecule has 96 valence electrons. The van der Waals surface area contributed by atoms with Crippen molar-refractivity contribution in [1.29, 1.82) is 0 Å². The van der Waals surface area contributed by atoms with Crippen molar-refractivity contribution >= 4 is 37.5 Å². The molecule has 2 aromatic rings. The first-order valence-electron chi connectivity index (χ1n) is 6.26. The second-order valence-corrected chi connectivity index (χ2v) is 7.56. The molecule has 1 unspecified atom stereocenters. The molecule has 1 aliphatic heterocycles. The molecule has 18 heavy (non-hydrogen) atoms. The van der Waals surface area contributed by atoms with E-state index in [1.807, 2.05) is 11.3 Å². The van der Waals surface area contributed by atoms with E-state index < -0.39 is 0 Å². The van der Waals surface area contributed by atoms with Crippen molar-refractivity contribution in [1.82, 2.24) is 9.88 Å². The van der Waals surface area contributed by atoms with Gasteiger partial charge < -0.3 is 4.90 Å². The molecule has 0 aliphatic carbocycles. The number of nitrogens with zero attached hydrogens (tertiary/aromatic N) is 2. The molecular formula is C14H17BrN2S. The molecule has 1 atom stereocenters. The number of hydrogen-bond acceptors (Lipinski definition) is 3. The number of likely N-dealkylation sites (N-methyl/N-ethyl adjacent to an activating group) is 1. The number of halogens is 1. The number of fused-ring (bicyclic) bond motifs is 1. The summed E-state index contributed by atoms with van der Waals surface area (Å²) < 4.78 is 2.40. The highest BCUT2D eigenvalue weighted by molar-refractivity contribution is 9.10. The second kappa shape index (κ2) is 4.29. The van der Waals surface area contributed by atoms with E-state index in [1.54, 1.807) is 0 Å². The topological polar surface area (TPSA) is 16.1 Å². The summed E-state index contributed by atoms with van der Waals surface area (Å²) in [5.74, 6) is 0.554. The molecule has 1 fully saturated rings. The Morgan fingerprint density at radius 2 is 2.22 bits per heavy atom. The average Bonchev–Trinajstić information content (AvgIpc) is 2.81. The molecule has 1 aliphatic rings. The maximum atomic E-state index is 4.85. The minimum absolute atomic E-state index is 0.213. The van der Waals surface area contributed by atoms with Crippen LogP contribution in [0.3, 0.4) is 0 Å². The van der Waals surface area contributed by atoms with Crippen LogP contribution in [-0.4, -0.2) is 29.0 Å². The van der Waals surface area contributed by atoms with Crippen LogP contribution in [0.2, 0.25) is 0 Å². The zero-order chi connectivity index (χ0) is 12.9. The predicted molar refractivity (Wildman–Crippen MR) is 81.4 cm³/mol. The van der Waals surface area contributed by atoms with Crippen LogP contribution in [0.25, 0.3) is 10.2 Å². The zero-order valence-corrected chi connectivity index (χ0v) is 13.3. The van der Waals surface area contributed by atoms with Crippen LogP contribution < -0.4 is 0 Å².